The zero-order chi connectivity index (χ0) is 20.0. The van der Waals surface area contributed by atoms with Crippen molar-refractivity contribution in [3.8, 4) is 0 Å². The van der Waals surface area contributed by atoms with Gasteiger partial charge in [-0.15, -0.1) is 16.4 Å². The molecular weight excluding hydrogens is 408 g/mol. The second-order valence-electron chi connectivity index (χ2n) is 7.77. The van der Waals surface area contributed by atoms with Gasteiger partial charge in [0.2, 0.25) is 0 Å². The fourth-order valence-corrected chi connectivity index (χ4v) is 4.81. The van der Waals surface area contributed by atoms with Crippen molar-refractivity contribution in [1.29, 1.82) is 0 Å². The molecule has 1 N–H and O–H groups in total. The fourth-order valence-electron chi connectivity index (χ4n) is 4.01. The van der Waals surface area contributed by atoms with Gasteiger partial charge in [-0.3, -0.25) is 4.79 Å². The van der Waals surface area contributed by atoms with Crippen molar-refractivity contribution in [2.45, 2.75) is 43.4 Å². The Labute approximate surface area is 177 Å². The highest BCUT2D eigenvalue weighted by molar-refractivity contribution is 7.12. The van der Waals surface area contributed by atoms with E-state index < -0.39 is 6.10 Å². The van der Waals surface area contributed by atoms with E-state index in [1.54, 1.807) is 4.68 Å². The van der Waals surface area contributed by atoms with E-state index in [1.807, 2.05) is 52.9 Å². The summed E-state index contributed by atoms with van der Waals surface area (Å²) in [5.41, 5.74) is 1.95. The Morgan fingerprint density at radius 3 is 2.69 bits per heavy atom. The number of aliphatic hydroxyl groups is 1. The molecule has 1 aliphatic carbocycles. The van der Waals surface area contributed by atoms with Crippen LogP contribution in [0.15, 0.2) is 48.0 Å². The van der Waals surface area contributed by atoms with E-state index in [0.29, 0.717) is 28.8 Å². The molecule has 29 heavy (non-hydrogen) atoms. The van der Waals surface area contributed by atoms with Gasteiger partial charge >= 0.3 is 0 Å². The number of carbonyl (C=O) groups is 1. The first-order valence-corrected chi connectivity index (χ1v) is 11.1. The van der Waals surface area contributed by atoms with Crippen LogP contribution in [0, 0.1) is 0 Å². The highest BCUT2D eigenvalue weighted by Gasteiger charge is 2.40. The van der Waals surface area contributed by atoms with Gasteiger partial charge in [0, 0.05) is 30.1 Å². The number of carbonyl (C=O) groups excluding carboxylic acids is 1. The van der Waals surface area contributed by atoms with Gasteiger partial charge in [0.05, 0.1) is 28.8 Å². The Hall–Kier alpha value is -2.22. The van der Waals surface area contributed by atoms with Gasteiger partial charge in [0.1, 0.15) is 0 Å². The molecule has 1 aliphatic heterocycles. The number of benzene rings is 1. The van der Waals surface area contributed by atoms with Gasteiger partial charge < -0.3 is 10.0 Å². The number of amides is 1. The van der Waals surface area contributed by atoms with E-state index in [-0.39, 0.29) is 18.0 Å². The Morgan fingerprint density at radius 2 is 2.00 bits per heavy atom. The quantitative estimate of drug-likeness (QED) is 0.680. The number of halogens is 1. The average molecular weight is 429 g/mol. The zero-order valence-corrected chi connectivity index (χ0v) is 17.3. The van der Waals surface area contributed by atoms with Gasteiger partial charge in [-0.25, -0.2) is 4.68 Å². The normalized spacial score (nSPS) is 24.6. The molecule has 1 amide bonds. The summed E-state index contributed by atoms with van der Waals surface area (Å²) in [6.07, 6.45) is 4.03. The standard InChI is InChI=1S/C21H21ClN4O2S/c22-15-7-5-14(6-8-15)17-10-19(27)18(26-11-16(23-24-26)13-3-4-13)12-25(17)21(28)20-2-1-9-29-20/h1-2,5-9,11,13,17-19,27H,3-4,10,12H2/t17-,18-,19-/m1/s1. The second-order valence-corrected chi connectivity index (χ2v) is 9.15. The van der Waals surface area contributed by atoms with Crippen molar-refractivity contribution in [3.05, 3.63) is 69.1 Å². The SMILES string of the molecule is O=C(c1cccs1)N1C[C@@H](n2cc(C3CC3)nn2)[C@H](O)C[C@@H]1c1ccc(Cl)cc1. The van der Waals surface area contributed by atoms with Crippen molar-refractivity contribution >= 4 is 28.8 Å². The third-order valence-electron chi connectivity index (χ3n) is 5.78. The number of hydrogen-bond acceptors (Lipinski definition) is 5. The van der Waals surface area contributed by atoms with Crippen LogP contribution < -0.4 is 0 Å². The summed E-state index contributed by atoms with van der Waals surface area (Å²) in [5.74, 6) is 0.467. The van der Waals surface area contributed by atoms with E-state index >= 15 is 0 Å². The molecule has 1 saturated heterocycles. The maximum absolute atomic E-state index is 13.3. The predicted octanol–water partition coefficient (Wildman–Crippen LogP) is 4.06. The maximum atomic E-state index is 13.3. The van der Waals surface area contributed by atoms with Crippen LogP contribution in [0.3, 0.4) is 0 Å². The Balaban J connectivity index is 1.47. The molecule has 1 aromatic carbocycles. The largest absolute Gasteiger partial charge is 0.391 e. The Kier molecular flexibility index (Phi) is 4.89. The number of aromatic nitrogens is 3. The zero-order valence-electron chi connectivity index (χ0n) is 15.7. The molecule has 3 atom stereocenters. The highest BCUT2D eigenvalue weighted by Crippen LogP contribution is 2.40. The van der Waals surface area contributed by atoms with Crippen molar-refractivity contribution < 1.29 is 9.90 Å². The van der Waals surface area contributed by atoms with Crippen molar-refractivity contribution in [3.63, 3.8) is 0 Å². The molecule has 0 unspecified atom stereocenters. The molecule has 6 nitrogen and oxygen atoms in total. The fraction of sp³-hybridized carbons (Fsp3) is 0.381. The van der Waals surface area contributed by atoms with E-state index in [4.69, 9.17) is 11.6 Å². The number of piperidine rings is 1. The third kappa shape index (κ3) is 3.70. The maximum Gasteiger partial charge on any atom is 0.264 e. The van der Waals surface area contributed by atoms with Crippen LogP contribution >= 0.6 is 22.9 Å². The minimum Gasteiger partial charge on any atom is -0.391 e. The van der Waals surface area contributed by atoms with Crippen molar-refractivity contribution in [2.24, 2.45) is 0 Å². The molecule has 0 bridgehead atoms. The van der Waals surface area contributed by atoms with E-state index in [2.05, 4.69) is 10.3 Å². The number of likely N-dealkylation sites (tertiary alicyclic amines) is 1. The number of thiophene rings is 1. The van der Waals surface area contributed by atoms with E-state index in [1.165, 1.54) is 11.3 Å². The summed E-state index contributed by atoms with van der Waals surface area (Å²) in [7, 11) is 0. The van der Waals surface area contributed by atoms with Crippen LogP contribution in [0.1, 0.15) is 58.2 Å². The minimum absolute atomic E-state index is 0.0284. The number of nitrogens with zero attached hydrogens (tertiary/aromatic N) is 4. The smallest absolute Gasteiger partial charge is 0.264 e. The first kappa shape index (κ1) is 18.8. The molecule has 2 aromatic heterocycles. The summed E-state index contributed by atoms with van der Waals surface area (Å²) in [4.78, 5) is 15.8. The Bertz CT molecular complexity index is 1000. The lowest BCUT2D eigenvalue weighted by atomic mass is 9.90. The minimum atomic E-state index is -0.628. The van der Waals surface area contributed by atoms with Gasteiger partial charge in [0.25, 0.3) is 5.91 Å². The summed E-state index contributed by atoms with van der Waals surface area (Å²) in [5, 5.41) is 22.1. The van der Waals surface area contributed by atoms with Crippen LogP contribution in [0.2, 0.25) is 5.02 Å². The van der Waals surface area contributed by atoms with Crippen molar-refractivity contribution in [1.82, 2.24) is 19.9 Å². The van der Waals surface area contributed by atoms with Gasteiger partial charge in [-0.1, -0.05) is 35.0 Å². The van der Waals surface area contributed by atoms with E-state index in [0.717, 1.165) is 24.1 Å². The molecule has 2 fully saturated rings. The van der Waals surface area contributed by atoms with Crippen LogP contribution in [0.5, 0.6) is 0 Å². The lowest BCUT2D eigenvalue weighted by molar-refractivity contribution is -0.00165. The molecule has 3 heterocycles. The number of hydrogen-bond donors (Lipinski definition) is 1. The molecule has 5 rings (SSSR count). The highest BCUT2D eigenvalue weighted by atomic mass is 35.5. The van der Waals surface area contributed by atoms with Crippen LogP contribution in [0.25, 0.3) is 0 Å². The van der Waals surface area contributed by atoms with Crippen LogP contribution in [-0.4, -0.2) is 43.6 Å². The molecular formula is C21H21ClN4O2S. The Morgan fingerprint density at radius 1 is 1.21 bits per heavy atom. The number of rotatable bonds is 4. The number of aliphatic hydroxyl groups excluding tert-OH is 1. The monoisotopic (exact) mass is 428 g/mol. The molecule has 2 aliphatic rings. The molecule has 8 heteroatoms. The first-order chi connectivity index (χ1) is 14.1. The second kappa shape index (κ2) is 7.55. The molecule has 1 saturated carbocycles. The lowest BCUT2D eigenvalue weighted by Crippen LogP contribution is -2.48. The summed E-state index contributed by atoms with van der Waals surface area (Å²) < 4.78 is 1.74. The lowest BCUT2D eigenvalue weighted by Gasteiger charge is -2.42. The van der Waals surface area contributed by atoms with E-state index in [9.17, 15) is 9.90 Å². The average Bonchev–Trinajstić information content (AvgIpc) is 3.22. The summed E-state index contributed by atoms with van der Waals surface area (Å²) in [6.45, 7) is 0.374. The van der Waals surface area contributed by atoms with Gasteiger partial charge in [0.15, 0.2) is 0 Å². The van der Waals surface area contributed by atoms with Gasteiger partial charge in [-0.05, 0) is 42.0 Å². The van der Waals surface area contributed by atoms with Gasteiger partial charge in [-0.2, -0.15) is 0 Å². The van der Waals surface area contributed by atoms with Crippen LogP contribution in [0.4, 0.5) is 0 Å². The summed E-state index contributed by atoms with van der Waals surface area (Å²) in [6, 6.07) is 10.7. The van der Waals surface area contributed by atoms with Crippen LogP contribution in [-0.2, 0) is 0 Å². The topological polar surface area (TPSA) is 71.2 Å². The van der Waals surface area contributed by atoms with Crippen molar-refractivity contribution in [2.75, 3.05) is 6.54 Å². The molecule has 0 spiro atoms. The predicted molar refractivity (Wildman–Crippen MR) is 111 cm³/mol. The first-order valence-electron chi connectivity index (χ1n) is 9.80. The summed E-state index contributed by atoms with van der Waals surface area (Å²) >= 11 is 7.48. The third-order valence-corrected chi connectivity index (χ3v) is 6.89. The molecule has 3 aromatic rings. The molecule has 0 radical (unpaired) electrons. The molecule has 150 valence electrons.